The number of H-pyrrole nitrogens is 1. The van der Waals surface area contributed by atoms with Gasteiger partial charge in [-0.25, -0.2) is 0 Å². The van der Waals surface area contributed by atoms with Gasteiger partial charge in [0.05, 0.1) is 47.6 Å². The zero-order chi connectivity index (χ0) is 61.3. The Balaban J connectivity index is 1.43. The highest BCUT2D eigenvalue weighted by atomic mass is 127. The molecule has 14 atom stereocenters. The van der Waals surface area contributed by atoms with Crippen molar-refractivity contribution in [3.05, 3.63) is 99.3 Å². The van der Waals surface area contributed by atoms with Gasteiger partial charge in [0.1, 0.15) is 60.3 Å². The average molecular weight is 1320 g/mol. The fraction of sp³-hybridized carbons (Fsp3) is 0.509. The number of phenols is 1. The second-order valence-electron chi connectivity index (χ2n) is 20.8. The number of fused-ring (bicyclic) bond motifs is 1. The highest BCUT2D eigenvalue weighted by Gasteiger charge is 2.49. The number of rotatable bonds is 20. The lowest BCUT2D eigenvalue weighted by Gasteiger charge is -2.42. The van der Waals surface area contributed by atoms with Crippen LogP contribution in [-0.2, 0) is 57.6 Å². The Morgan fingerprint density at radius 2 is 1.46 bits per heavy atom. The highest BCUT2D eigenvalue weighted by molar-refractivity contribution is 14.1. The molecule has 2 fully saturated rings. The Labute approximate surface area is 505 Å². The molecular formula is C55H75IN10O16S2. The maximum absolute atomic E-state index is 15.1. The van der Waals surface area contributed by atoms with Gasteiger partial charge < -0.3 is 98.8 Å². The molecule has 2 saturated heterocycles. The van der Waals surface area contributed by atoms with Gasteiger partial charge in [-0.1, -0.05) is 76.2 Å². The molecule has 4 aromatic rings. The first-order valence-electron chi connectivity index (χ1n) is 27.3. The Bertz CT molecular complexity index is 2880. The second-order valence-corrected chi connectivity index (χ2v) is 24.5. The standard InChI is InChI=1S/C55H75IN10O16S2/c1-28(68)40(23-67)63-53(79)42-26-84-83-25-41(64-49(75)37(19-30-10-4-3-5-11-30)59-27-55(81)47(73)46(72)44(71)24-82-55)52(78)61-38(20-31-15-16-43(70)34(56)18-31)50(76)62-39(21-32-22-58-35-13-7-6-12-33(32)35)51(77)60-36(14-8-9-17-57)48(74)66-45(29(2)69)54(80)65-42/h3-7,10-13,15-16,18,22,28-29,36-42,44-47,58-59,67-73,81H,8-9,14,17,19-21,23-27,57H2,1-2H3,(H,60,77)(H,61,78)(H,62,76)(H,63,79)(H,64,75)(H,65,80)(H,66,74)/t28-,29-,36+,37-,38+,39-,40+,41+,42+,44-,45+,46-,47+,55-/m1/s1. The molecule has 2 aliphatic rings. The summed E-state index contributed by atoms with van der Waals surface area (Å²) in [5, 5.41) is 107. The molecule has 0 spiro atoms. The van der Waals surface area contributed by atoms with Crippen molar-refractivity contribution in [1.29, 1.82) is 0 Å². The van der Waals surface area contributed by atoms with Gasteiger partial charge in [-0.15, -0.1) is 0 Å². The molecular weight excluding hydrogens is 1250 g/mol. The molecule has 0 saturated carbocycles. The first-order valence-corrected chi connectivity index (χ1v) is 30.8. The molecule has 7 amide bonds. The summed E-state index contributed by atoms with van der Waals surface area (Å²) < 4.78 is 5.75. The second kappa shape index (κ2) is 32.2. The summed E-state index contributed by atoms with van der Waals surface area (Å²) in [7, 11) is 1.85. The zero-order valence-electron chi connectivity index (χ0n) is 46.1. The minimum absolute atomic E-state index is 0.0334. The number of carbonyl (C=O) groups excluding carboxylic acids is 7. The molecule has 0 aliphatic carbocycles. The van der Waals surface area contributed by atoms with Gasteiger partial charge in [0, 0.05) is 41.4 Å². The lowest BCUT2D eigenvalue weighted by atomic mass is 9.96. The van der Waals surface area contributed by atoms with Crippen molar-refractivity contribution in [1.82, 2.24) is 47.5 Å². The predicted molar refractivity (Wildman–Crippen MR) is 319 cm³/mol. The van der Waals surface area contributed by atoms with E-state index in [1.807, 2.05) is 22.6 Å². The SMILES string of the molecule is C[C@@H](O)[C@H](CO)NC(=O)[C@@H]1CSSC[C@H](NC(=O)[C@@H](Cc2ccccc2)NC[C@@]2(O)OC[C@@H](O)[C@@H](O)[C@@H]2O)C(=O)N[C@@H](Cc2ccc(O)c(I)c2)C(=O)N[C@H](Cc2c[nH]c3ccccc23)C(=O)N[C@@H](CCCCN)C(=O)N[C@@H]([C@@H](C)O)C(=O)N1. The third-order valence-corrected chi connectivity index (χ3v) is 17.6. The number of halogens is 1. The molecule has 3 heterocycles. The number of aliphatic hydroxyl groups excluding tert-OH is 6. The van der Waals surface area contributed by atoms with Gasteiger partial charge in [0.25, 0.3) is 0 Å². The quantitative estimate of drug-likeness (QED) is 0.0237. The number of unbranched alkanes of at least 4 members (excludes halogenated alkanes) is 1. The summed E-state index contributed by atoms with van der Waals surface area (Å²) >= 11 is 1.89. The summed E-state index contributed by atoms with van der Waals surface area (Å²) in [6, 6.07) is 8.44. The summed E-state index contributed by atoms with van der Waals surface area (Å²) in [4.78, 5) is 105. The molecule has 26 nitrogen and oxygen atoms in total. The number of carbonyl (C=O) groups is 7. The largest absolute Gasteiger partial charge is 0.507 e. The molecule has 1 aromatic heterocycles. The fourth-order valence-corrected chi connectivity index (χ4v) is 12.2. The predicted octanol–water partition coefficient (Wildman–Crippen LogP) is -3.06. The van der Waals surface area contributed by atoms with Gasteiger partial charge in [-0.2, -0.15) is 0 Å². The summed E-state index contributed by atoms with van der Waals surface area (Å²) in [5.41, 5.74) is 8.13. The number of aromatic hydroxyl groups is 1. The fourth-order valence-electron chi connectivity index (χ4n) is 9.25. The molecule has 84 heavy (non-hydrogen) atoms. The maximum atomic E-state index is 15.1. The van der Waals surface area contributed by atoms with Crippen molar-refractivity contribution >= 4 is 96.4 Å². The van der Waals surface area contributed by atoms with E-state index in [2.05, 4.69) is 47.5 Å². The van der Waals surface area contributed by atoms with Crippen LogP contribution in [0.15, 0.2) is 79.0 Å². The lowest BCUT2D eigenvalue weighted by molar-refractivity contribution is -0.318. The normalized spacial score (nSPS) is 26.7. The van der Waals surface area contributed by atoms with Crippen LogP contribution in [0.5, 0.6) is 5.75 Å². The van der Waals surface area contributed by atoms with Crippen LogP contribution < -0.4 is 48.3 Å². The molecule has 460 valence electrons. The van der Waals surface area contributed by atoms with E-state index in [9.17, 15) is 64.8 Å². The third kappa shape index (κ3) is 18.9. The third-order valence-electron chi connectivity index (χ3n) is 14.3. The molecule has 0 radical (unpaired) electrons. The Hall–Kier alpha value is -5.68. The molecule has 3 aromatic carbocycles. The Kier molecular flexibility index (Phi) is 25.8. The monoisotopic (exact) mass is 1320 g/mol. The number of hydrogen-bond donors (Lipinski definition) is 18. The number of benzene rings is 3. The van der Waals surface area contributed by atoms with Gasteiger partial charge in [-0.05, 0) is 104 Å². The van der Waals surface area contributed by atoms with Crippen molar-refractivity contribution in [3.63, 3.8) is 0 Å². The van der Waals surface area contributed by atoms with Crippen LogP contribution in [0.4, 0.5) is 0 Å². The van der Waals surface area contributed by atoms with E-state index in [0.717, 1.165) is 21.6 Å². The number of nitrogens with one attached hydrogen (secondary N) is 9. The topological polar surface area (TPSA) is 429 Å². The minimum Gasteiger partial charge on any atom is -0.507 e. The molecule has 6 rings (SSSR count). The summed E-state index contributed by atoms with van der Waals surface area (Å²) in [6.07, 6.45) is -6.46. The van der Waals surface area contributed by atoms with Crippen molar-refractivity contribution < 1.29 is 79.2 Å². The number of para-hydroxylation sites is 1. The van der Waals surface area contributed by atoms with Crippen molar-refractivity contribution in [2.24, 2.45) is 5.73 Å². The summed E-state index contributed by atoms with van der Waals surface area (Å²) in [5.74, 6) is -9.68. The van der Waals surface area contributed by atoms with Crippen LogP contribution in [-0.4, -0.2) is 210 Å². The molecule has 29 heteroatoms. The van der Waals surface area contributed by atoms with Crippen molar-refractivity contribution in [2.75, 3.05) is 37.8 Å². The van der Waals surface area contributed by atoms with E-state index in [1.54, 1.807) is 66.9 Å². The van der Waals surface area contributed by atoms with Gasteiger partial charge in [0.15, 0.2) is 0 Å². The van der Waals surface area contributed by atoms with Crippen LogP contribution in [0.3, 0.4) is 0 Å². The minimum atomic E-state index is -2.51. The number of phenolic OH excluding ortho intramolecular Hbond substituents is 1. The van der Waals surface area contributed by atoms with Crippen molar-refractivity contribution in [2.45, 2.75) is 137 Å². The number of ether oxygens (including phenoxy) is 1. The van der Waals surface area contributed by atoms with Crippen LogP contribution in [0.1, 0.15) is 49.8 Å². The van der Waals surface area contributed by atoms with E-state index in [1.165, 1.54) is 26.0 Å². The number of aromatic amines is 1. The summed E-state index contributed by atoms with van der Waals surface area (Å²) in [6.45, 7) is 0.787. The maximum Gasteiger partial charge on any atom is 0.245 e. The smallest absolute Gasteiger partial charge is 0.245 e. The molecule has 2 aliphatic heterocycles. The van der Waals surface area contributed by atoms with Crippen LogP contribution >= 0.6 is 44.2 Å². The van der Waals surface area contributed by atoms with Crippen molar-refractivity contribution in [3.8, 4) is 5.75 Å². The number of aromatic nitrogens is 1. The first-order chi connectivity index (χ1) is 40.0. The Morgan fingerprint density at radius 3 is 2.14 bits per heavy atom. The number of nitrogens with two attached hydrogens (primary N) is 1. The number of aliphatic hydroxyl groups is 7. The zero-order valence-corrected chi connectivity index (χ0v) is 49.9. The van der Waals surface area contributed by atoms with E-state index in [4.69, 9.17) is 10.5 Å². The number of amides is 7. The molecule has 0 unspecified atom stereocenters. The van der Waals surface area contributed by atoms with Crippen LogP contribution in [0, 0.1) is 3.57 Å². The first kappa shape index (κ1) is 67.4. The lowest BCUT2D eigenvalue weighted by Crippen LogP contribution is -2.66. The average Bonchev–Trinajstić information content (AvgIpc) is 4.06. The van der Waals surface area contributed by atoms with E-state index in [0.29, 0.717) is 44.0 Å². The van der Waals surface area contributed by atoms with E-state index in [-0.39, 0.29) is 49.5 Å². The van der Waals surface area contributed by atoms with E-state index >= 15 is 9.59 Å². The van der Waals surface area contributed by atoms with Crippen LogP contribution in [0.25, 0.3) is 10.9 Å². The van der Waals surface area contributed by atoms with Crippen LogP contribution in [0.2, 0.25) is 0 Å². The highest BCUT2D eigenvalue weighted by Crippen LogP contribution is 2.27. The van der Waals surface area contributed by atoms with Gasteiger partial charge in [0.2, 0.25) is 47.1 Å². The number of hydrogen-bond acceptors (Lipinski definition) is 20. The molecule has 0 bridgehead atoms. The Morgan fingerprint density at radius 1 is 0.810 bits per heavy atom. The van der Waals surface area contributed by atoms with Gasteiger partial charge in [-0.3, -0.25) is 33.6 Å². The van der Waals surface area contributed by atoms with E-state index < -0.39 is 146 Å². The van der Waals surface area contributed by atoms with Gasteiger partial charge >= 0.3 is 0 Å². The molecule has 19 N–H and O–H groups in total.